The zero-order chi connectivity index (χ0) is 17.7. The fourth-order valence-electron chi connectivity index (χ4n) is 2.16. The monoisotopic (exact) mass is 338 g/mol. The zero-order valence-corrected chi connectivity index (χ0v) is 13.5. The first-order chi connectivity index (χ1) is 11.3. The van der Waals surface area contributed by atoms with Crippen LogP contribution in [0.1, 0.15) is 18.1 Å². The number of hydrogen-bond acceptors (Lipinski definition) is 3. The Hall–Kier alpha value is -2.48. The van der Waals surface area contributed by atoms with Crippen molar-refractivity contribution in [2.24, 2.45) is 7.05 Å². The summed E-state index contributed by atoms with van der Waals surface area (Å²) in [4.78, 5) is 11.7. The Labute approximate surface area is 138 Å². The Kier molecular flexibility index (Phi) is 5.50. The lowest BCUT2D eigenvalue weighted by atomic mass is 10.00. The number of benzene rings is 1. The van der Waals surface area contributed by atoms with E-state index in [1.54, 1.807) is 24.9 Å². The van der Waals surface area contributed by atoms with E-state index in [9.17, 15) is 18.7 Å². The van der Waals surface area contributed by atoms with Gasteiger partial charge in [-0.2, -0.15) is 5.10 Å². The lowest BCUT2D eigenvalue weighted by Crippen LogP contribution is -2.43. The first-order valence-corrected chi connectivity index (χ1v) is 7.45. The van der Waals surface area contributed by atoms with Gasteiger partial charge >= 0.3 is 6.03 Å². The van der Waals surface area contributed by atoms with Gasteiger partial charge in [-0.3, -0.25) is 4.68 Å². The molecule has 2 amide bonds. The van der Waals surface area contributed by atoms with Crippen molar-refractivity contribution in [1.82, 2.24) is 20.4 Å². The first kappa shape index (κ1) is 17.9. The number of amides is 2. The number of carbonyl (C=O) groups excluding carboxylic acids is 1. The molecule has 2 aromatic rings. The van der Waals surface area contributed by atoms with Crippen LogP contribution in [0.5, 0.6) is 0 Å². The molecule has 2 rings (SSSR count). The Morgan fingerprint density at radius 3 is 2.79 bits per heavy atom. The van der Waals surface area contributed by atoms with Crippen LogP contribution in [0.3, 0.4) is 0 Å². The Morgan fingerprint density at radius 2 is 2.12 bits per heavy atom. The number of halogens is 2. The summed E-state index contributed by atoms with van der Waals surface area (Å²) < 4.78 is 28.1. The van der Waals surface area contributed by atoms with E-state index in [1.165, 1.54) is 6.20 Å². The van der Waals surface area contributed by atoms with Crippen LogP contribution < -0.4 is 10.6 Å². The van der Waals surface area contributed by atoms with Crippen molar-refractivity contribution in [1.29, 1.82) is 0 Å². The Bertz CT molecular complexity index is 716. The van der Waals surface area contributed by atoms with Crippen LogP contribution in [-0.2, 0) is 19.1 Å². The van der Waals surface area contributed by atoms with Gasteiger partial charge in [0.2, 0.25) is 0 Å². The molecule has 1 aromatic carbocycles. The predicted molar refractivity (Wildman–Crippen MR) is 84.2 cm³/mol. The number of aliphatic hydroxyl groups is 1. The lowest BCUT2D eigenvalue weighted by molar-refractivity contribution is 0.0593. The normalized spacial score (nSPS) is 13.4. The molecule has 0 spiro atoms. The second kappa shape index (κ2) is 7.39. The molecule has 0 fully saturated rings. The fraction of sp³-hybridized carbons (Fsp3) is 0.375. The average Bonchev–Trinajstić information content (AvgIpc) is 2.96. The van der Waals surface area contributed by atoms with Crippen molar-refractivity contribution >= 4 is 6.03 Å². The third kappa shape index (κ3) is 4.76. The standard InChI is InChI=1S/C16H20F2N4O2/c1-16(24,12-8-21-22(2)9-12)10-20-15(23)19-6-5-11-7-13(17)3-4-14(11)18/h3-4,7-9,24H,5-6,10H2,1-2H3,(H2,19,20,23). The van der Waals surface area contributed by atoms with Crippen LogP contribution in [0.15, 0.2) is 30.6 Å². The molecule has 0 radical (unpaired) electrons. The van der Waals surface area contributed by atoms with Crippen LogP contribution in [0, 0.1) is 11.6 Å². The predicted octanol–water partition coefficient (Wildman–Crippen LogP) is 1.45. The third-order valence-corrected chi connectivity index (χ3v) is 3.61. The van der Waals surface area contributed by atoms with E-state index in [0.29, 0.717) is 5.56 Å². The molecule has 0 aliphatic rings. The van der Waals surface area contributed by atoms with Gasteiger partial charge in [0.05, 0.1) is 12.7 Å². The van der Waals surface area contributed by atoms with Crippen molar-refractivity contribution in [2.45, 2.75) is 18.9 Å². The van der Waals surface area contributed by atoms with Crippen molar-refractivity contribution < 1.29 is 18.7 Å². The molecule has 0 aliphatic heterocycles. The highest BCUT2D eigenvalue weighted by atomic mass is 19.1. The van der Waals surface area contributed by atoms with Crippen LogP contribution in [0.2, 0.25) is 0 Å². The fourth-order valence-corrected chi connectivity index (χ4v) is 2.16. The van der Waals surface area contributed by atoms with E-state index >= 15 is 0 Å². The number of aromatic nitrogens is 2. The topological polar surface area (TPSA) is 79.2 Å². The zero-order valence-electron chi connectivity index (χ0n) is 13.5. The third-order valence-electron chi connectivity index (χ3n) is 3.61. The van der Waals surface area contributed by atoms with Crippen LogP contribution in [0.25, 0.3) is 0 Å². The molecule has 0 saturated carbocycles. The molecule has 0 saturated heterocycles. The van der Waals surface area contributed by atoms with Gasteiger partial charge in [-0.05, 0) is 37.1 Å². The van der Waals surface area contributed by atoms with Crippen molar-refractivity contribution in [3.05, 3.63) is 53.4 Å². The maximum Gasteiger partial charge on any atom is 0.314 e. The van der Waals surface area contributed by atoms with E-state index < -0.39 is 23.3 Å². The van der Waals surface area contributed by atoms with E-state index in [1.807, 2.05) is 0 Å². The van der Waals surface area contributed by atoms with Gasteiger partial charge in [0.25, 0.3) is 0 Å². The molecular formula is C16H20F2N4O2. The number of hydrogen-bond donors (Lipinski definition) is 3. The van der Waals surface area contributed by atoms with Crippen LogP contribution in [-0.4, -0.2) is 34.0 Å². The summed E-state index contributed by atoms with van der Waals surface area (Å²) in [6.45, 7) is 1.69. The van der Waals surface area contributed by atoms with Crippen molar-refractivity contribution in [2.75, 3.05) is 13.1 Å². The molecule has 1 atom stereocenters. The molecule has 1 heterocycles. The van der Waals surface area contributed by atoms with E-state index in [0.717, 1.165) is 18.2 Å². The lowest BCUT2D eigenvalue weighted by Gasteiger charge is -2.22. The average molecular weight is 338 g/mol. The van der Waals surface area contributed by atoms with Gasteiger partial charge < -0.3 is 15.7 Å². The molecule has 1 aromatic heterocycles. The second-order valence-corrected chi connectivity index (χ2v) is 5.77. The number of nitrogens with zero attached hydrogens (tertiary/aromatic N) is 2. The van der Waals surface area contributed by atoms with Crippen LogP contribution >= 0.6 is 0 Å². The molecule has 130 valence electrons. The molecule has 0 aliphatic carbocycles. The number of nitrogens with one attached hydrogen (secondary N) is 2. The maximum atomic E-state index is 13.5. The Balaban J connectivity index is 1.78. The summed E-state index contributed by atoms with van der Waals surface area (Å²) in [6, 6.07) is 2.69. The highest BCUT2D eigenvalue weighted by molar-refractivity contribution is 5.73. The molecule has 24 heavy (non-hydrogen) atoms. The number of carbonyl (C=O) groups is 1. The largest absolute Gasteiger partial charge is 0.383 e. The minimum absolute atomic E-state index is 0.0150. The van der Waals surface area contributed by atoms with Crippen LogP contribution in [0.4, 0.5) is 13.6 Å². The summed E-state index contributed by atoms with van der Waals surface area (Å²) in [5.74, 6) is -1.04. The van der Waals surface area contributed by atoms with Gasteiger partial charge in [-0.1, -0.05) is 0 Å². The Morgan fingerprint density at radius 1 is 1.38 bits per heavy atom. The van der Waals surface area contributed by atoms with E-state index in [-0.39, 0.29) is 25.1 Å². The quantitative estimate of drug-likeness (QED) is 0.746. The maximum absolute atomic E-state index is 13.5. The summed E-state index contributed by atoms with van der Waals surface area (Å²) in [6.07, 6.45) is 3.34. The minimum Gasteiger partial charge on any atom is -0.383 e. The summed E-state index contributed by atoms with van der Waals surface area (Å²) in [7, 11) is 1.73. The number of aryl methyl sites for hydroxylation is 1. The van der Waals surface area contributed by atoms with Gasteiger partial charge in [-0.25, -0.2) is 13.6 Å². The highest BCUT2D eigenvalue weighted by Crippen LogP contribution is 2.18. The number of rotatable bonds is 6. The van der Waals surface area contributed by atoms with E-state index in [4.69, 9.17) is 0 Å². The smallest absolute Gasteiger partial charge is 0.314 e. The molecule has 0 bridgehead atoms. The van der Waals surface area contributed by atoms with Crippen molar-refractivity contribution in [3.8, 4) is 0 Å². The van der Waals surface area contributed by atoms with Gasteiger partial charge in [0.1, 0.15) is 17.2 Å². The molecule has 8 heteroatoms. The number of urea groups is 1. The van der Waals surface area contributed by atoms with E-state index in [2.05, 4.69) is 15.7 Å². The second-order valence-electron chi connectivity index (χ2n) is 5.77. The molecule has 1 unspecified atom stereocenters. The summed E-state index contributed by atoms with van der Waals surface area (Å²) in [5.41, 5.74) is -0.495. The van der Waals surface area contributed by atoms with Crippen molar-refractivity contribution in [3.63, 3.8) is 0 Å². The molecule has 3 N–H and O–H groups in total. The van der Waals surface area contributed by atoms with Gasteiger partial charge in [-0.15, -0.1) is 0 Å². The summed E-state index contributed by atoms with van der Waals surface area (Å²) in [5, 5.41) is 19.4. The van der Waals surface area contributed by atoms with Gasteiger partial charge in [0, 0.05) is 25.4 Å². The van der Waals surface area contributed by atoms with Gasteiger partial charge in [0.15, 0.2) is 0 Å². The minimum atomic E-state index is -1.26. The molecular weight excluding hydrogens is 318 g/mol. The molecule has 6 nitrogen and oxygen atoms in total. The highest BCUT2D eigenvalue weighted by Gasteiger charge is 2.25. The SMILES string of the molecule is Cn1cc(C(C)(O)CNC(=O)NCCc2cc(F)ccc2F)cn1. The first-order valence-electron chi connectivity index (χ1n) is 7.45. The summed E-state index contributed by atoms with van der Waals surface area (Å²) >= 11 is 0.